The van der Waals surface area contributed by atoms with Gasteiger partial charge >= 0.3 is 5.97 Å². The Bertz CT molecular complexity index is 518. The van der Waals surface area contributed by atoms with Crippen LogP contribution in [0.1, 0.15) is 40.9 Å². The maximum Gasteiger partial charge on any atom is 0.358 e. The molecule has 0 aromatic carbocycles. The number of ketones is 1. The Hall–Kier alpha value is -1.47. The van der Waals surface area contributed by atoms with E-state index >= 15 is 0 Å². The van der Waals surface area contributed by atoms with Crippen molar-refractivity contribution in [2.45, 2.75) is 33.0 Å². The van der Waals surface area contributed by atoms with Crippen LogP contribution >= 0.6 is 11.3 Å². The lowest BCUT2D eigenvalue weighted by Crippen LogP contribution is -2.45. The summed E-state index contributed by atoms with van der Waals surface area (Å²) >= 11 is 1.23. The third-order valence-electron chi connectivity index (χ3n) is 3.00. The topological polar surface area (TPSA) is 68.7 Å². The van der Waals surface area contributed by atoms with Crippen molar-refractivity contribution in [3.63, 3.8) is 0 Å². The van der Waals surface area contributed by atoms with E-state index in [4.69, 9.17) is 4.74 Å². The van der Waals surface area contributed by atoms with E-state index in [0.717, 1.165) is 0 Å². The highest BCUT2D eigenvalue weighted by atomic mass is 32.1. The summed E-state index contributed by atoms with van der Waals surface area (Å²) in [5.74, 6) is -0.754. The number of hydrogen-bond donors (Lipinski definition) is 0. The second kappa shape index (κ2) is 5.88. The van der Waals surface area contributed by atoms with Gasteiger partial charge in [-0.15, -0.1) is 0 Å². The van der Waals surface area contributed by atoms with Crippen LogP contribution in [0, 0.1) is 0 Å². The Morgan fingerprint density at radius 2 is 1.95 bits per heavy atom. The highest BCUT2D eigenvalue weighted by molar-refractivity contribution is 7.17. The second-order valence-corrected chi connectivity index (χ2v) is 5.86. The number of thiazole rings is 1. The zero-order chi connectivity index (χ0) is 14.9. The van der Waals surface area contributed by atoms with Crippen molar-refractivity contribution in [2.75, 3.05) is 25.1 Å². The van der Waals surface area contributed by atoms with Gasteiger partial charge in [0.1, 0.15) is 4.88 Å². The van der Waals surface area contributed by atoms with Gasteiger partial charge in [0, 0.05) is 20.0 Å². The first-order chi connectivity index (χ1) is 9.42. The highest BCUT2D eigenvalue weighted by Crippen LogP contribution is 2.29. The van der Waals surface area contributed by atoms with E-state index in [1.807, 2.05) is 18.7 Å². The number of morpholine rings is 1. The van der Waals surface area contributed by atoms with Crippen molar-refractivity contribution in [1.29, 1.82) is 0 Å². The van der Waals surface area contributed by atoms with Crippen LogP contribution in [0.3, 0.4) is 0 Å². The van der Waals surface area contributed by atoms with Crippen LogP contribution in [-0.2, 0) is 9.47 Å². The number of Topliss-reactive ketones (excluding diaryl/α,β-unsaturated/α-hetero) is 1. The first kappa shape index (κ1) is 14.9. The zero-order valence-corrected chi connectivity index (χ0v) is 12.8. The van der Waals surface area contributed by atoms with Gasteiger partial charge in [0.2, 0.25) is 0 Å². The molecule has 1 aromatic rings. The van der Waals surface area contributed by atoms with Gasteiger partial charge in [-0.05, 0) is 13.8 Å². The number of carbonyl (C=O) groups is 2. The number of anilines is 1. The molecule has 0 bridgehead atoms. The summed E-state index contributed by atoms with van der Waals surface area (Å²) < 4.78 is 10.3. The van der Waals surface area contributed by atoms with E-state index in [9.17, 15) is 9.59 Å². The van der Waals surface area contributed by atoms with Gasteiger partial charge in [-0.3, -0.25) is 4.79 Å². The van der Waals surface area contributed by atoms with Crippen molar-refractivity contribution in [3.8, 4) is 0 Å². The van der Waals surface area contributed by atoms with Gasteiger partial charge in [0.15, 0.2) is 16.6 Å². The molecular weight excluding hydrogens is 280 g/mol. The smallest absolute Gasteiger partial charge is 0.358 e. The minimum atomic E-state index is -0.577. The summed E-state index contributed by atoms with van der Waals surface area (Å²) in [5.41, 5.74) is 0.104. The molecule has 7 heteroatoms. The number of carbonyl (C=O) groups excluding carboxylic acids is 2. The normalized spacial score (nSPS) is 22.7. The molecule has 0 N–H and O–H groups in total. The Labute approximate surface area is 121 Å². The van der Waals surface area contributed by atoms with E-state index in [-0.39, 0.29) is 23.7 Å². The van der Waals surface area contributed by atoms with Crippen LogP contribution in [-0.4, -0.2) is 49.1 Å². The average Bonchev–Trinajstić information content (AvgIpc) is 2.81. The second-order valence-electron chi connectivity index (χ2n) is 4.88. The molecule has 1 aromatic heterocycles. The summed E-state index contributed by atoms with van der Waals surface area (Å²) in [7, 11) is 1.28. The summed E-state index contributed by atoms with van der Waals surface area (Å²) in [6.45, 7) is 6.78. The number of ether oxygens (including phenoxy) is 2. The Morgan fingerprint density at radius 3 is 2.45 bits per heavy atom. The predicted molar refractivity (Wildman–Crippen MR) is 75.7 cm³/mol. The van der Waals surface area contributed by atoms with Gasteiger partial charge in [0.05, 0.1) is 19.3 Å². The van der Waals surface area contributed by atoms with Gasteiger partial charge in [-0.1, -0.05) is 11.3 Å². The first-order valence-electron chi connectivity index (χ1n) is 6.42. The van der Waals surface area contributed by atoms with Gasteiger partial charge < -0.3 is 14.4 Å². The lowest BCUT2D eigenvalue weighted by molar-refractivity contribution is -0.00523. The van der Waals surface area contributed by atoms with E-state index in [1.54, 1.807) is 0 Å². The van der Waals surface area contributed by atoms with E-state index in [2.05, 4.69) is 9.72 Å². The lowest BCUT2D eigenvalue weighted by atomic mass is 10.2. The Balaban J connectivity index is 2.33. The van der Waals surface area contributed by atoms with Crippen LogP contribution in [0.2, 0.25) is 0 Å². The van der Waals surface area contributed by atoms with Gasteiger partial charge in [-0.2, -0.15) is 0 Å². The number of nitrogens with zero attached hydrogens (tertiary/aromatic N) is 2. The molecule has 2 rings (SSSR count). The molecule has 20 heavy (non-hydrogen) atoms. The Morgan fingerprint density at radius 1 is 1.35 bits per heavy atom. The highest BCUT2D eigenvalue weighted by Gasteiger charge is 2.28. The van der Waals surface area contributed by atoms with Gasteiger partial charge in [0.25, 0.3) is 0 Å². The fraction of sp³-hybridized carbons (Fsp3) is 0.615. The number of esters is 1. The molecule has 0 spiro atoms. The third-order valence-corrected chi connectivity index (χ3v) is 4.22. The molecule has 110 valence electrons. The minimum absolute atomic E-state index is 0.0880. The maximum absolute atomic E-state index is 11.7. The molecule has 0 amide bonds. The molecule has 0 saturated carbocycles. The monoisotopic (exact) mass is 298 g/mol. The molecule has 1 saturated heterocycles. The van der Waals surface area contributed by atoms with E-state index in [1.165, 1.54) is 25.4 Å². The number of aromatic nitrogens is 1. The van der Waals surface area contributed by atoms with Crippen molar-refractivity contribution in [2.24, 2.45) is 0 Å². The van der Waals surface area contributed by atoms with Crippen LogP contribution in [0.4, 0.5) is 5.13 Å². The van der Waals surface area contributed by atoms with Crippen molar-refractivity contribution < 1.29 is 19.1 Å². The van der Waals surface area contributed by atoms with Crippen LogP contribution in [0.5, 0.6) is 0 Å². The molecular formula is C13H18N2O4S. The molecule has 2 atom stereocenters. The zero-order valence-electron chi connectivity index (χ0n) is 12.0. The quantitative estimate of drug-likeness (QED) is 0.625. The van der Waals surface area contributed by atoms with Crippen LogP contribution < -0.4 is 4.90 Å². The SMILES string of the molecule is COC(=O)c1nc(N2C[C@@H](C)O[C@@H](C)C2)sc1C(C)=O. The molecule has 0 unspecified atom stereocenters. The standard InChI is InChI=1S/C13H18N2O4S/c1-7-5-15(6-8(2)19-7)13-14-10(12(17)18-4)11(20-13)9(3)16/h7-8H,5-6H2,1-4H3/t7-,8+. The molecule has 0 radical (unpaired) electrons. The lowest BCUT2D eigenvalue weighted by Gasteiger charge is -2.35. The molecule has 6 nitrogen and oxygen atoms in total. The van der Waals surface area contributed by atoms with Crippen molar-refractivity contribution in [1.82, 2.24) is 4.98 Å². The van der Waals surface area contributed by atoms with E-state index in [0.29, 0.717) is 23.1 Å². The summed E-state index contributed by atoms with van der Waals surface area (Å²) in [4.78, 5) is 30.0. The Kier molecular flexibility index (Phi) is 4.39. The van der Waals surface area contributed by atoms with Gasteiger partial charge in [-0.25, -0.2) is 9.78 Å². The summed E-state index contributed by atoms with van der Waals surface area (Å²) in [5, 5.41) is 0.664. The number of hydrogen-bond acceptors (Lipinski definition) is 7. The van der Waals surface area contributed by atoms with Crippen LogP contribution in [0.25, 0.3) is 0 Å². The molecule has 1 aliphatic rings. The third kappa shape index (κ3) is 2.99. The molecule has 2 heterocycles. The first-order valence-corrected chi connectivity index (χ1v) is 7.24. The van der Waals surface area contributed by atoms with Crippen LogP contribution in [0.15, 0.2) is 0 Å². The van der Waals surface area contributed by atoms with Crippen molar-refractivity contribution >= 4 is 28.2 Å². The summed E-state index contributed by atoms with van der Waals surface area (Å²) in [6.07, 6.45) is 0.176. The molecule has 1 fully saturated rings. The minimum Gasteiger partial charge on any atom is -0.464 e. The predicted octanol–water partition coefficient (Wildman–Crippen LogP) is 1.75. The maximum atomic E-state index is 11.7. The fourth-order valence-electron chi connectivity index (χ4n) is 2.25. The average molecular weight is 298 g/mol. The largest absolute Gasteiger partial charge is 0.464 e. The number of methoxy groups -OCH3 is 1. The molecule has 1 aliphatic heterocycles. The fourth-order valence-corrected chi connectivity index (χ4v) is 3.22. The summed E-state index contributed by atoms with van der Waals surface area (Å²) in [6, 6.07) is 0. The van der Waals surface area contributed by atoms with Crippen molar-refractivity contribution in [3.05, 3.63) is 10.6 Å². The number of rotatable bonds is 3. The van der Waals surface area contributed by atoms with E-state index < -0.39 is 5.97 Å². The molecule has 0 aliphatic carbocycles.